The summed E-state index contributed by atoms with van der Waals surface area (Å²) in [5.41, 5.74) is 11.7. The molecule has 18 heavy (non-hydrogen) atoms. The fourth-order valence-corrected chi connectivity index (χ4v) is 2.01. The van der Waals surface area contributed by atoms with Crippen molar-refractivity contribution >= 4 is 11.6 Å². The zero-order valence-electron chi connectivity index (χ0n) is 10.2. The largest absolute Gasteiger partial charge is 0.491 e. The van der Waals surface area contributed by atoms with Gasteiger partial charge in [-0.3, -0.25) is 4.79 Å². The molecule has 0 atom stereocenters. The number of carbonyl (C=O) groups is 1. The van der Waals surface area contributed by atoms with Crippen molar-refractivity contribution in [1.29, 1.82) is 0 Å². The van der Waals surface area contributed by atoms with E-state index in [1.807, 2.05) is 0 Å². The summed E-state index contributed by atoms with van der Waals surface area (Å²) in [5.74, 6) is 0.470. The van der Waals surface area contributed by atoms with E-state index < -0.39 is 5.91 Å². The van der Waals surface area contributed by atoms with E-state index in [2.05, 4.69) is 0 Å². The van der Waals surface area contributed by atoms with Gasteiger partial charge in [0.05, 0.1) is 17.9 Å². The molecule has 0 aliphatic carbocycles. The SMILES string of the molecule is NC(=O)c1cccc(OCC2CCOCC2)c1N. The van der Waals surface area contributed by atoms with Crippen molar-refractivity contribution in [3.8, 4) is 5.75 Å². The fourth-order valence-electron chi connectivity index (χ4n) is 2.01. The van der Waals surface area contributed by atoms with Crippen LogP contribution in [0.1, 0.15) is 23.2 Å². The third-order valence-corrected chi connectivity index (χ3v) is 3.15. The highest BCUT2D eigenvalue weighted by Crippen LogP contribution is 2.26. The van der Waals surface area contributed by atoms with Gasteiger partial charge in [0.15, 0.2) is 0 Å². The molecule has 1 aliphatic rings. The summed E-state index contributed by atoms with van der Waals surface area (Å²) in [7, 11) is 0. The molecule has 1 aromatic carbocycles. The van der Waals surface area contributed by atoms with E-state index in [1.165, 1.54) is 0 Å². The third kappa shape index (κ3) is 2.92. The van der Waals surface area contributed by atoms with Gasteiger partial charge in [0.2, 0.25) is 0 Å². The van der Waals surface area contributed by atoms with Crippen molar-refractivity contribution in [3.63, 3.8) is 0 Å². The van der Waals surface area contributed by atoms with Gasteiger partial charge in [-0.15, -0.1) is 0 Å². The van der Waals surface area contributed by atoms with E-state index in [0.717, 1.165) is 26.1 Å². The number of amides is 1. The van der Waals surface area contributed by atoms with Gasteiger partial charge in [0.1, 0.15) is 5.75 Å². The van der Waals surface area contributed by atoms with Crippen LogP contribution in [0.3, 0.4) is 0 Å². The van der Waals surface area contributed by atoms with Crippen LogP contribution in [0.2, 0.25) is 0 Å². The molecule has 0 radical (unpaired) electrons. The Hall–Kier alpha value is -1.75. The molecule has 0 bridgehead atoms. The Balaban J connectivity index is 2.00. The maximum absolute atomic E-state index is 11.2. The number of ether oxygens (including phenoxy) is 2. The fraction of sp³-hybridized carbons (Fsp3) is 0.462. The minimum Gasteiger partial charge on any atom is -0.491 e. The van der Waals surface area contributed by atoms with Gasteiger partial charge in [-0.25, -0.2) is 0 Å². The van der Waals surface area contributed by atoms with Crippen molar-refractivity contribution < 1.29 is 14.3 Å². The van der Waals surface area contributed by atoms with Crippen LogP contribution in [0.4, 0.5) is 5.69 Å². The standard InChI is InChI=1S/C13H18N2O3/c14-12-10(13(15)16)2-1-3-11(12)18-8-9-4-6-17-7-5-9/h1-3,9H,4-8,14H2,(H2,15,16). The molecule has 0 saturated carbocycles. The molecule has 0 aromatic heterocycles. The minimum absolute atomic E-state index is 0.305. The highest BCUT2D eigenvalue weighted by Gasteiger charge is 2.16. The lowest BCUT2D eigenvalue weighted by Crippen LogP contribution is -2.22. The topological polar surface area (TPSA) is 87.6 Å². The molecule has 2 rings (SSSR count). The smallest absolute Gasteiger partial charge is 0.250 e. The van der Waals surface area contributed by atoms with Crippen molar-refractivity contribution in [1.82, 2.24) is 0 Å². The zero-order valence-corrected chi connectivity index (χ0v) is 10.2. The number of benzene rings is 1. The number of nitrogens with two attached hydrogens (primary N) is 2. The van der Waals surface area contributed by atoms with Gasteiger partial charge < -0.3 is 20.9 Å². The van der Waals surface area contributed by atoms with Gasteiger partial charge in [-0.05, 0) is 30.9 Å². The molecule has 1 fully saturated rings. The third-order valence-electron chi connectivity index (χ3n) is 3.15. The number of rotatable bonds is 4. The molecule has 1 amide bonds. The number of para-hydroxylation sites is 1. The maximum atomic E-state index is 11.2. The quantitative estimate of drug-likeness (QED) is 0.785. The normalized spacial score (nSPS) is 16.4. The minimum atomic E-state index is -0.538. The lowest BCUT2D eigenvalue weighted by Gasteiger charge is -2.22. The average molecular weight is 250 g/mol. The van der Waals surface area contributed by atoms with Gasteiger partial charge in [0, 0.05) is 13.2 Å². The van der Waals surface area contributed by atoms with Crippen molar-refractivity contribution in [2.45, 2.75) is 12.8 Å². The molecule has 1 saturated heterocycles. The van der Waals surface area contributed by atoms with Gasteiger partial charge >= 0.3 is 0 Å². The number of nitrogen functional groups attached to an aromatic ring is 1. The van der Waals surface area contributed by atoms with Gasteiger partial charge in [-0.2, -0.15) is 0 Å². The molecule has 1 aromatic rings. The van der Waals surface area contributed by atoms with E-state index in [-0.39, 0.29) is 0 Å². The van der Waals surface area contributed by atoms with Crippen LogP contribution < -0.4 is 16.2 Å². The first-order chi connectivity index (χ1) is 8.68. The summed E-state index contributed by atoms with van der Waals surface area (Å²) in [6.45, 7) is 2.16. The van der Waals surface area contributed by atoms with Crippen molar-refractivity contribution in [2.24, 2.45) is 11.7 Å². The van der Waals surface area contributed by atoms with Crippen molar-refractivity contribution in [2.75, 3.05) is 25.6 Å². The molecule has 98 valence electrons. The lowest BCUT2D eigenvalue weighted by atomic mass is 10.0. The van der Waals surface area contributed by atoms with Crippen LogP contribution in [-0.4, -0.2) is 25.7 Å². The van der Waals surface area contributed by atoms with Crippen LogP contribution in [-0.2, 0) is 4.74 Å². The highest BCUT2D eigenvalue weighted by atomic mass is 16.5. The van der Waals surface area contributed by atoms with Crippen LogP contribution in [0.5, 0.6) is 5.75 Å². The van der Waals surface area contributed by atoms with Crippen LogP contribution >= 0.6 is 0 Å². The van der Waals surface area contributed by atoms with Crippen LogP contribution in [0, 0.1) is 5.92 Å². The first-order valence-corrected chi connectivity index (χ1v) is 6.07. The Labute approximate surface area is 106 Å². The molecule has 1 heterocycles. The second-order valence-electron chi connectivity index (χ2n) is 4.45. The van der Waals surface area contributed by atoms with E-state index in [0.29, 0.717) is 29.5 Å². The Morgan fingerprint density at radius 3 is 2.78 bits per heavy atom. The molecule has 4 N–H and O–H groups in total. The average Bonchev–Trinajstić information content (AvgIpc) is 2.38. The summed E-state index contributed by atoms with van der Waals surface area (Å²) in [6.07, 6.45) is 1.99. The second kappa shape index (κ2) is 5.73. The first kappa shape index (κ1) is 12.7. The van der Waals surface area contributed by atoms with E-state index in [1.54, 1.807) is 18.2 Å². The summed E-state index contributed by atoms with van der Waals surface area (Å²) >= 11 is 0. The number of hydrogen-bond donors (Lipinski definition) is 2. The Kier molecular flexibility index (Phi) is 4.04. The summed E-state index contributed by atoms with van der Waals surface area (Å²) in [4.78, 5) is 11.2. The predicted octanol–water partition coefficient (Wildman–Crippen LogP) is 1.17. The first-order valence-electron chi connectivity index (χ1n) is 6.07. The predicted molar refractivity (Wildman–Crippen MR) is 68.4 cm³/mol. The Morgan fingerprint density at radius 2 is 2.11 bits per heavy atom. The molecule has 5 nitrogen and oxygen atoms in total. The van der Waals surface area contributed by atoms with Crippen molar-refractivity contribution in [3.05, 3.63) is 23.8 Å². The molecule has 1 aliphatic heterocycles. The van der Waals surface area contributed by atoms with Gasteiger partial charge in [0.25, 0.3) is 5.91 Å². The molecule has 5 heteroatoms. The molecular formula is C13H18N2O3. The second-order valence-corrected chi connectivity index (χ2v) is 4.45. The lowest BCUT2D eigenvalue weighted by molar-refractivity contribution is 0.0499. The zero-order chi connectivity index (χ0) is 13.0. The van der Waals surface area contributed by atoms with Crippen LogP contribution in [0.25, 0.3) is 0 Å². The molecule has 0 spiro atoms. The summed E-state index contributed by atoms with van der Waals surface area (Å²) in [5, 5.41) is 0. The highest BCUT2D eigenvalue weighted by molar-refractivity contribution is 5.99. The van der Waals surface area contributed by atoms with E-state index >= 15 is 0 Å². The monoisotopic (exact) mass is 250 g/mol. The summed E-state index contributed by atoms with van der Waals surface area (Å²) in [6, 6.07) is 5.07. The molecular weight excluding hydrogens is 232 g/mol. The molecule has 0 unspecified atom stereocenters. The Morgan fingerprint density at radius 1 is 1.39 bits per heavy atom. The summed E-state index contributed by atoms with van der Waals surface area (Å²) < 4.78 is 11.0. The maximum Gasteiger partial charge on any atom is 0.250 e. The van der Waals surface area contributed by atoms with Crippen LogP contribution in [0.15, 0.2) is 18.2 Å². The number of anilines is 1. The van der Waals surface area contributed by atoms with E-state index in [4.69, 9.17) is 20.9 Å². The van der Waals surface area contributed by atoms with Gasteiger partial charge in [-0.1, -0.05) is 6.07 Å². The number of carbonyl (C=O) groups excluding carboxylic acids is 1. The van der Waals surface area contributed by atoms with E-state index in [9.17, 15) is 4.79 Å². The Bertz CT molecular complexity index is 428. The number of primary amides is 1. The number of hydrogen-bond acceptors (Lipinski definition) is 4.